The van der Waals surface area contributed by atoms with E-state index in [1.807, 2.05) is 24.1 Å². The predicted molar refractivity (Wildman–Crippen MR) is 81.2 cm³/mol. The molecule has 110 valence electrons. The molecule has 0 spiro atoms. The first kappa shape index (κ1) is 14.8. The van der Waals surface area contributed by atoms with Gasteiger partial charge in [0.2, 0.25) is 0 Å². The van der Waals surface area contributed by atoms with Gasteiger partial charge in [-0.3, -0.25) is 4.98 Å². The molecule has 21 heavy (non-hydrogen) atoms. The molecule has 0 amide bonds. The summed E-state index contributed by atoms with van der Waals surface area (Å²) in [6.07, 6.45) is 4.32. The minimum Gasteiger partial charge on any atom is -0.497 e. The second-order valence-electron chi connectivity index (χ2n) is 4.72. The number of methoxy groups -OCH3 is 1. The Morgan fingerprint density at radius 2 is 2.00 bits per heavy atom. The summed E-state index contributed by atoms with van der Waals surface area (Å²) in [5.74, 6) is -0.297. The molecule has 1 aromatic heterocycles. The SMILES string of the molecule is COc1ccc(C(=O)O)c(N(C)CCc2ccncc2)c1. The topological polar surface area (TPSA) is 62.7 Å². The zero-order valence-electron chi connectivity index (χ0n) is 12.1. The van der Waals surface area contributed by atoms with E-state index in [9.17, 15) is 9.90 Å². The van der Waals surface area contributed by atoms with Crippen molar-refractivity contribution in [3.8, 4) is 5.75 Å². The molecule has 2 aromatic rings. The highest BCUT2D eigenvalue weighted by molar-refractivity contribution is 5.94. The van der Waals surface area contributed by atoms with Crippen LogP contribution in [-0.4, -0.2) is 36.8 Å². The summed E-state index contributed by atoms with van der Waals surface area (Å²) in [5, 5.41) is 9.29. The van der Waals surface area contributed by atoms with E-state index in [0.717, 1.165) is 12.0 Å². The van der Waals surface area contributed by atoms with E-state index < -0.39 is 5.97 Å². The second-order valence-corrected chi connectivity index (χ2v) is 4.72. The van der Waals surface area contributed by atoms with Crippen LogP contribution in [0, 0.1) is 0 Å². The van der Waals surface area contributed by atoms with Gasteiger partial charge in [-0.2, -0.15) is 0 Å². The Labute approximate surface area is 123 Å². The van der Waals surface area contributed by atoms with Gasteiger partial charge in [0, 0.05) is 32.1 Å². The fraction of sp³-hybridized carbons (Fsp3) is 0.250. The van der Waals surface area contributed by atoms with Crippen molar-refractivity contribution in [3.05, 3.63) is 53.9 Å². The highest BCUT2D eigenvalue weighted by atomic mass is 16.5. The van der Waals surface area contributed by atoms with Gasteiger partial charge in [0.1, 0.15) is 5.75 Å². The largest absolute Gasteiger partial charge is 0.497 e. The Morgan fingerprint density at radius 3 is 2.62 bits per heavy atom. The van der Waals surface area contributed by atoms with Crippen LogP contribution in [0.2, 0.25) is 0 Å². The van der Waals surface area contributed by atoms with Crippen molar-refractivity contribution in [3.63, 3.8) is 0 Å². The number of hydrogen-bond acceptors (Lipinski definition) is 4. The number of hydrogen-bond donors (Lipinski definition) is 1. The Balaban J connectivity index is 2.17. The van der Waals surface area contributed by atoms with Gasteiger partial charge in [-0.05, 0) is 36.2 Å². The molecule has 0 radical (unpaired) electrons. The fourth-order valence-corrected chi connectivity index (χ4v) is 2.10. The number of likely N-dealkylation sites (N-methyl/N-ethyl adjacent to an activating group) is 1. The maximum atomic E-state index is 11.3. The normalized spacial score (nSPS) is 10.2. The molecule has 1 heterocycles. The first-order chi connectivity index (χ1) is 10.1. The number of pyridine rings is 1. The Bertz CT molecular complexity index is 614. The fourth-order valence-electron chi connectivity index (χ4n) is 2.10. The number of anilines is 1. The van der Waals surface area contributed by atoms with E-state index in [1.54, 1.807) is 37.7 Å². The first-order valence-corrected chi connectivity index (χ1v) is 6.63. The van der Waals surface area contributed by atoms with Gasteiger partial charge in [-0.15, -0.1) is 0 Å². The number of carboxylic acids is 1. The van der Waals surface area contributed by atoms with Crippen molar-refractivity contribution in [1.82, 2.24) is 4.98 Å². The standard InChI is InChI=1S/C16H18N2O3/c1-18(10-7-12-5-8-17-9-6-12)15-11-13(21-2)3-4-14(15)16(19)20/h3-6,8-9,11H,7,10H2,1-2H3,(H,19,20). The molecule has 0 aliphatic heterocycles. The smallest absolute Gasteiger partial charge is 0.337 e. The molecule has 5 heteroatoms. The molecule has 0 aliphatic rings. The van der Waals surface area contributed by atoms with Crippen LogP contribution in [0.3, 0.4) is 0 Å². The van der Waals surface area contributed by atoms with Crippen molar-refractivity contribution in [2.45, 2.75) is 6.42 Å². The number of carboxylic acid groups (broad SMARTS) is 1. The number of aromatic nitrogens is 1. The van der Waals surface area contributed by atoms with Crippen LogP contribution in [0.5, 0.6) is 5.75 Å². The van der Waals surface area contributed by atoms with Crippen molar-refractivity contribution in [2.24, 2.45) is 0 Å². The average Bonchev–Trinajstić information content (AvgIpc) is 2.52. The quantitative estimate of drug-likeness (QED) is 0.884. The minimum atomic E-state index is -0.941. The summed E-state index contributed by atoms with van der Waals surface area (Å²) in [6, 6.07) is 8.88. The van der Waals surface area contributed by atoms with E-state index in [2.05, 4.69) is 4.98 Å². The van der Waals surface area contributed by atoms with E-state index in [-0.39, 0.29) is 5.56 Å². The number of ether oxygens (including phenoxy) is 1. The monoisotopic (exact) mass is 286 g/mol. The van der Waals surface area contributed by atoms with Crippen LogP contribution < -0.4 is 9.64 Å². The number of nitrogens with zero attached hydrogens (tertiary/aromatic N) is 2. The van der Waals surface area contributed by atoms with Crippen LogP contribution in [-0.2, 0) is 6.42 Å². The summed E-state index contributed by atoms with van der Waals surface area (Å²) >= 11 is 0. The van der Waals surface area contributed by atoms with Gasteiger partial charge in [0.25, 0.3) is 0 Å². The van der Waals surface area contributed by atoms with Crippen LogP contribution in [0.25, 0.3) is 0 Å². The van der Waals surface area contributed by atoms with E-state index in [4.69, 9.17) is 4.74 Å². The maximum absolute atomic E-state index is 11.3. The lowest BCUT2D eigenvalue weighted by Gasteiger charge is -2.22. The van der Waals surface area contributed by atoms with Crippen molar-refractivity contribution >= 4 is 11.7 Å². The summed E-state index contributed by atoms with van der Waals surface area (Å²) in [6.45, 7) is 0.706. The number of rotatable bonds is 6. The zero-order valence-corrected chi connectivity index (χ0v) is 12.1. The minimum absolute atomic E-state index is 0.271. The van der Waals surface area contributed by atoms with Gasteiger partial charge in [-0.1, -0.05) is 0 Å². The van der Waals surface area contributed by atoms with Crippen molar-refractivity contribution in [2.75, 3.05) is 25.6 Å². The lowest BCUT2D eigenvalue weighted by atomic mass is 10.1. The van der Waals surface area contributed by atoms with E-state index in [0.29, 0.717) is 18.0 Å². The van der Waals surface area contributed by atoms with Gasteiger partial charge >= 0.3 is 5.97 Å². The summed E-state index contributed by atoms with van der Waals surface area (Å²) in [5.41, 5.74) is 2.08. The van der Waals surface area contributed by atoms with Crippen LogP contribution in [0.15, 0.2) is 42.7 Å². The van der Waals surface area contributed by atoms with Crippen molar-refractivity contribution in [1.29, 1.82) is 0 Å². The Kier molecular flexibility index (Phi) is 4.77. The molecule has 0 atom stereocenters. The molecule has 0 fully saturated rings. The van der Waals surface area contributed by atoms with Gasteiger partial charge in [0.05, 0.1) is 18.4 Å². The zero-order chi connectivity index (χ0) is 15.2. The van der Waals surface area contributed by atoms with E-state index in [1.165, 1.54) is 0 Å². The maximum Gasteiger partial charge on any atom is 0.337 e. The highest BCUT2D eigenvalue weighted by Gasteiger charge is 2.14. The molecule has 0 saturated carbocycles. The highest BCUT2D eigenvalue weighted by Crippen LogP contribution is 2.25. The van der Waals surface area contributed by atoms with E-state index >= 15 is 0 Å². The molecule has 1 N–H and O–H groups in total. The van der Waals surface area contributed by atoms with Crippen LogP contribution in [0.4, 0.5) is 5.69 Å². The lowest BCUT2D eigenvalue weighted by Crippen LogP contribution is -2.22. The number of aromatic carboxylic acids is 1. The number of benzene rings is 1. The van der Waals surface area contributed by atoms with Crippen molar-refractivity contribution < 1.29 is 14.6 Å². The molecule has 0 saturated heterocycles. The summed E-state index contributed by atoms with van der Waals surface area (Å²) < 4.78 is 5.17. The Morgan fingerprint density at radius 1 is 1.29 bits per heavy atom. The third kappa shape index (κ3) is 3.72. The summed E-state index contributed by atoms with van der Waals surface area (Å²) in [7, 11) is 3.44. The van der Waals surface area contributed by atoms with Crippen LogP contribution >= 0.6 is 0 Å². The van der Waals surface area contributed by atoms with Gasteiger partial charge < -0.3 is 14.7 Å². The van der Waals surface area contributed by atoms with Gasteiger partial charge in [0.15, 0.2) is 0 Å². The molecular weight excluding hydrogens is 268 g/mol. The molecule has 0 unspecified atom stereocenters. The lowest BCUT2D eigenvalue weighted by molar-refractivity contribution is 0.0697. The number of carbonyl (C=O) groups is 1. The van der Waals surface area contributed by atoms with Gasteiger partial charge in [-0.25, -0.2) is 4.79 Å². The summed E-state index contributed by atoms with van der Waals surface area (Å²) in [4.78, 5) is 17.2. The first-order valence-electron chi connectivity index (χ1n) is 6.63. The third-order valence-corrected chi connectivity index (χ3v) is 3.33. The third-order valence-electron chi connectivity index (χ3n) is 3.33. The predicted octanol–water partition coefficient (Wildman–Crippen LogP) is 2.47. The molecule has 0 aliphatic carbocycles. The molecule has 1 aromatic carbocycles. The molecule has 2 rings (SSSR count). The average molecular weight is 286 g/mol. The molecular formula is C16H18N2O3. The van der Waals surface area contributed by atoms with Crippen LogP contribution in [0.1, 0.15) is 15.9 Å². The second kappa shape index (κ2) is 6.74. The Hall–Kier alpha value is -2.56. The molecule has 5 nitrogen and oxygen atoms in total. The molecule has 0 bridgehead atoms.